The first-order chi connectivity index (χ1) is 5.65. The Morgan fingerprint density at radius 3 is 2.75 bits per heavy atom. The zero-order valence-electron chi connectivity index (χ0n) is 7.37. The predicted octanol–water partition coefficient (Wildman–Crippen LogP) is 0.0664. The molecule has 1 atom stereocenters. The van der Waals surface area contributed by atoms with Crippen molar-refractivity contribution in [2.45, 2.75) is 31.8 Å². The Morgan fingerprint density at radius 2 is 2.33 bits per heavy atom. The highest BCUT2D eigenvalue weighted by atomic mass is 16.2. The molecule has 12 heavy (non-hydrogen) atoms. The topological polar surface area (TPSA) is 56.1 Å². The summed E-state index contributed by atoms with van der Waals surface area (Å²) in [5.41, 5.74) is 0. The van der Waals surface area contributed by atoms with E-state index in [0.717, 1.165) is 12.8 Å². The molecule has 1 aliphatic carbocycles. The number of carbonyl (C=O) groups excluding carboxylic acids is 1. The summed E-state index contributed by atoms with van der Waals surface area (Å²) in [4.78, 5) is 12.6. The minimum absolute atomic E-state index is 0.0541. The molecule has 66 valence electrons. The fraction of sp³-hybridized carbons (Fsp3) is 0.750. The van der Waals surface area contributed by atoms with E-state index in [9.17, 15) is 4.79 Å². The summed E-state index contributed by atoms with van der Waals surface area (Å²) in [6.45, 7) is 1.72. The maximum absolute atomic E-state index is 11.3. The van der Waals surface area contributed by atoms with Crippen LogP contribution in [0, 0.1) is 11.5 Å². The summed E-state index contributed by atoms with van der Waals surface area (Å²) in [6.07, 6.45) is 4.07. The summed E-state index contributed by atoms with van der Waals surface area (Å²) in [5, 5.41) is 11.3. The molecule has 0 radical (unpaired) electrons. The molecule has 1 saturated carbocycles. The summed E-state index contributed by atoms with van der Waals surface area (Å²) in [7, 11) is 1.61. The van der Waals surface area contributed by atoms with Crippen molar-refractivity contribution in [1.82, 2.24) is 10.2 Å². The average molecular weight is 167 g/mol. The Labute approximate surface area is 72.2 Å². The quantitative estimate of drug-likeness (QED) is 0.478. The Morgan fingerprint density at radius 1 is 1.75 bits per heavy atom. The first-order valence-corrected chi connectivity index (χ1v) is 4.08. The van der Waals surface area contributed by atoms with E-state index in [1.807, 2.05) is 6.19 Å². The second kappa shape index (κ2) is 3.44. The van der Waals surface area contributed by atoms with Crippen LogP contribution < -0.4 is 5.32 Å². The van der Waals surface area contributed by atoms with Crippen molar-refractivity contribution >= 4 is 5.91 Å². The van der Waals surface area contributed by atoms with Gasteiger partial charge in [0, 0.05) is 13.1 Å². The molecule has 1 unspecified atom stereocenters. The van der Waals surface area contributed by atoms with Gasteiger partial charge in [0.25, 0.3) is 0 Å². The standard InChI is InChI=1S/C8H13N3O/c1-6(11(2)5-9)8(12)10-7-3-4-7/h6-7H,3-4H2,1-2H3,(H,10,12). The number of nitriles is 1. The van der Waals surface area contributed by atoms with Crippen LogP contribution in [0.4, 0.5) is 0 Å². The second-order valence-electron chi connectivity index (χ2n) is 3.17. The molecule has 0 aromatic heterocycles. The van der Waals surface area contributed by atoms with E-state index < -0.39 is 0 Å². The molecule has 1 amide bonds. The molecule has 1 rings (SSSR count). The highest BCUT2D eigenvalue weighted by Crippen LogP contribution is 2.18. The van der Waals surface area contributed by atoms with E-state index in [2.05, 4.69) is 5.32 Å². The number of rotatable bonds is 3. The lowest BCUT2D eigenvalue weighted by Crippen LogP contribution is -2.41. The maximum atomic E-state index is 11.3. The summed E-state index contributed by atoms with van der Waals surface area (Å²) < 4.78 is 0. The monoisotopic (exact) mass is 167 g/mol. The molecule has 0 aliphatic heterocycles. The Balaban J connectivity index is 2.34. The molecule has 0 aromatic carbocycles. The molecular formula is C8H13N3O. The van der Waals surface area contributed by atoms with Gasteiger partial charge in [-0.1, -0.05) is 0 Å². The van der Waals surface area contributed by atoms with E-state index in [1.165, 1.54) is 4.90 Å². The predicted molar refractivity (Wildman–Crippen MR) is 44.0 cm³/mol. The zero-order chi connectivity index (χ0) is 9.14. The van der Waals surface area contributed by atoms with Crippen LogP contribution in [0.5, 0.6) is 0 Å². The SMILES string of the molecule is CC(C(=O)NC1CC1)N(C)C#N. The number of hydrogen-bond acceptors (Lipinski definition) is 3. The number of amides is 1. The van der Waals surface area contributed by atoms with Crippen molar-refractivity contribution < 1.29 is 4.79 Å². The summed E-state index contributed by atoms with van der Waals surface area (Å²) >= 11 is 0. The van der Waals surface area contributed by atoms with Crippen LogP contribution >= 0.6 is 0 Å². The van der Waals surface area contributed by atoms with Crippen LogP contribution in [-0.4, -0.2) is 29.9 Å². The van der Waals surface area contributed by atoms with Crippen molar-refractivity contribution in [1.29, 1.82) is 5.26 Å². The number of hydrogen-bond donors (Lipinski definition) is 1. The van der Waals surface area contributed by atoms with Gasteiger partial charge in [0.05, 0.1) is 0 Å². The van der Waals surface area contributed by atoms with Crippen molar-refractivity contribution in [3.8, 4) is 6.19 Å². The van der Waals surface area contributed by atoms with Crippen molar-refractivity contribution in [2.24, 2.45) is 0 Å². The highest BCUT2D eigenvalue weighted by Gasteiger charge is 2.26. The Bertz CT molecular complexity index is 217. The average Bonchev–Trinajstić information content (AvgIpc) is 2.85. The van der Waals surface area contributed by atoms with E-state index in [1.54, 1.807) is 14.0 Å². The minimum atomic E-state index is -0.351. The number of likely N-dealkylation sites (N-methyl/N-ethyl adjacent to an activating group) is 1. The van der Waals surface area contributed by atoms with Gasteiger partial charge in [-0.25, -0.2) is 0 Å². The molecule has 0 aromatic rings. The molecule has 1 aliphatic rings. The van der Waals surface area contributed by atoms with Gasteiger partial charge in [-0.3, -0.25) is 4.79 Å². The molecule has 1 fully saturated rings. The molecule has 1 N–H and O–H groups in total. The van der Waals surface area contributed by atoms with Gasteiger partial charge in [0.1, 0.15) is 6.04 Å². The lowest BCUT2D eigenvalue weighted by Gasteiger charge is -2.17. The largest absolute Gasteiger partial charge is 0.352 e. The normalized spacial score (nSPS) is 17.8. The van der Waals surface area contributed by atoms with Crippen LogP contribution in [0.2, 0.25) is 0 Å². The van der Waals surface area contributed by atoms with Crippen LogP contribution in [0.15, 0.2) is 0 Å². The maximum Gasteiger partial charge on any atom is 0.243 e. The summed E-state index contributed by atoms with van der Waals surface area (Å²) in [6, 6.07) is 0.0163. The van der Waals surface area contributed by atoms with Crippen LogP contribution in [0.3, 0.4) is 0 Å². The van der Waals surface area contributed by atoms with Crippen LogP contribution in [0.1, 0.15) is 19.8 Å². The Hall–Kier alpha value is -1.24. The van der Waals surface area contributed by atoms with Crippen molar-refractivity contribution in [2.75, 3.05) is 7.05 Å². The first kappa shape index (κ1) is 8.85. The third-order valence-corrected chi connectivity index (χ3v) is 2.04. The van der Waals surface area contributed by atoms with Gasteiger partial charge in [0.2, 0.25) is 5.91 Å². The molecule has 4 nitrogen and oxygen atoms in total. The van der Waals surface area contributed by atoms with Gasteiger partial charge >= 0.3 is 0 Å². The van der Waals surface area contributed by atoms with Crippen molar-refractivity contribution in [3.63, 3.8) is 0 Å². The molecule has 0 spiro atoms. The molecule has 0 bridgehead atoms. The minimum Gasteiger partial charge on any atom is -0.352 e. The van der Waals surface area contributed by atoms with E-state index in [0.29, 0.717) is 6.04 Å². The molecule has 0 heterocycles. The van der Waals surface area contributed by atoms with E-state index in [-0.39, 0.29) is 11.9 Å². The fourth-order valence-corrected chi connectivity index (χ4v) is 0.812. The summed E-state index contributed by atoms with van der Waals surface area (Å²) in [5.74, 6) is -0.0541. The van der Waals surface area contributed by atoms with Crippen LogP contribution in [-0.2, 0) is 4.79 Å². The molecule has 4 heteroatoms. The van der Waals surface area contributed by atoms with Gasteiger partial charge in [-0.05, 0) is 19.8 Å². The number of carbonyl (C=O) groups is 1. The smallest absolute Gasteiger partial charge is 0.243 e. The van der Waals surface area contributed by atoms with E-state index >= 15 is 0 Å². The number of nitrogens with one attached hydrogen (secondary N) is 1. The lowest BCUT2D eigenvalue weighted by atomic mass is 10.3. The van der Waals surface area contributed by atoms with Crippen molar-refractivity contribution in [3.05, 3.63) is 0 Å². The lowest BCUT2D eigenvalue weighted by molar-refractivity contribution is -0.124. The third kappa shape index (κ3) is 2.12. The molecular weight excluding hydrogens is 154 g/mol. The molecule has 0 saturated heterocycles. The van der Waals surface area contributed by atoms with Gasteiger partial charge in [-0.2, -0.15) is 5.26 Å². The fourth-order valence-electron chi connectivity index (χ4n) is 0.812. The van der Waals surface area contributed by atoms with Gasteiger partial charge in [-0.15, -0.1) is 0 Å². The van der Waals surface area contributed by atoms with Gasteiger partial charge < -0.3 is 10.2 Å². The van der Waals surface area contributed by atoms with E-state index in [4.69, 9.17) is 5.26 Å². The second-order valence-corrected chi connectivity index (χ2v) is 3.17. The third-order valence-electron chi connectivity index (χ3n) is 2.04. The van der Waals surface area contributed by atoms with Gasteiger partial charge in [0.15, 0.2) is 6.19 Å². The Kier molecular flexibility index (Phi) is 2.54. The van der Waals surface area contributed by atoms with Crippen LogP contribution in [0.25, 0.3) is 0 Å². The first-order valence-electron chi connectivity index (χ1n) is 4.08. The highest BCUT2D eigenvalue weighted by molar-refractivity contribution is 5.82. The number of nitrogens with zero attached hydrogens (tertiary/aromatic N) is 2. The zero-order valence-corrected chi connectivity index (χ0v) is 7.37.